The summed E-state index contributed by atoms with van der Waals surface area (Å²) < 4.78 is 0. The second-order valence-corrected chi connectivity index (χ2v) is 0.750. The third kappa shape index (κ3) is 2.73. The maximum absolute atomic E-state index is 3.00. The van der Waals surface area contributed by atoms with Crippen LogP contribution in [0.5, 0.6) is 0 Å². The Morgan fingerprint density at radius 2 is 1.50 bits per heavy atom. The minimum Gasteiger partial charge on any atom is -0.314 e. The van der Waals surface area contributed by atoms with Gasteiger partial charge in [-0.05, 0) is 0 Å². The predicted molar refractivity (Wildman–Crippen MR) is 21.4 cm³/mol. The van der Waals surface area contributed by atoms with E-state index in [4.69, 9.17) is 0 Å². The van der Waals surface area contributed by atoms with Gasteiger partial charge < -0.3 is 5.32 Å². The molecule has 1 aliphatic heterocycles. The summed E-state index contributed by atoms with van der Waals surface area (Å²) in [6.45, 7) is 2.50. The highest BCUT2D eigenvalue weighted by atomic mass is 24.3. The van der Waals surface area contributed by atoms with Crippen LogP contribution in [-0.4, -0.2) is 36.1 Å². The SMILES string of the molecule is C1CN1.[MgH2]. The monoisotopic (exact) mass is 69.0 g/mol. The number of hydrogen-bond acceptors (Lipinski definition) is 1. The van der Waals surface area contributed by atoms with Crippen LogP contribution in [0.2, 0.25) is 0 Å². The topological polar surface area (TPSA) is 21.9 Å². The van der Waals surface area contributed by atoms with E-state index < -0.39 is 0 Å². The Labute approximate surface area is 41.9 Å². The van der Waals surface area contributed by atoms with Crippen LogP contribution in [0.3, 0.4) is 0 Å². The maximum atomic E-state index is 3.00. The Kier molecular flexibility index (Phi) is 2.36. The van der Waals surface area contributed by atoms with Gasteiger partial charge in [0, 0.05) is 13.1 Å². The molecule has 0 amide bonds. The van der Waals surface area contributed by atoms with Gasteiger partial charge in [-0.25, -0.2) is 0 Å². The van der Waals surface area contributed by atoms with E-state index in [1.807, 2.05) is 0 Å². The third-order valence-electron chi connectivity index (χ3n) is 0.250. The lowest BCUT2D eigenvalue weighted by atomic mass is 11.0. The summed E-state index contributed by atoms with van der Waals surface area (Å²) in [5, 5.41) is 3.00. The summed E-state index contributed by atoms with van der Waals surface area (Å²) in [4.78, 5) is 0. The van der Waals surface area contributed by atoms with Crippen molar-refractivity contribution in [2.75, 3.05) is 13.1 Å². The van der Waals surface area contributed by atoms with E-state index in [9.17, 15) is 0 Å². The van der Waals surface area contributed by atoms with E-state index in [2.05, 4.69) is 5.32 Å². The molecule has 0 saturated carbocycles. The minimum absolute atomic E-state index is 0. The van der Waals surface area contributed by atoms with E-state index >= 15 is 0 Å². The largest absolute Gasteiger partial charge is 0.316 e. The van der Waals surface area contributed by atoms with Crippen LogP contribution in [0.1, 0.15) is 0 Å². The molecule has 0 bridgehead atoms. The van der Waals surface area contributed by atoms with Gasteiger partial charge in [0.25, 0.3) is 0 Å². The normalized spacial score (nSPS) is 18.0. The molecule has 0 unspecified atom stereocenters. The quantitative estimate of drug-likeness (QED) is 0.276. The molecule has 1 nitrogen and oxygen atoms in total. The van der Waals surface area contributed by atoms with Gasteiger partial charge in [0.15, 0.2) is 0 Å². The minimum atomic E-state index is 0. The fourth-order valence-corrected chi connectivity index (χ4v) is 0. The van der Waals surface area contributed by atoms with Crippen molar-refractivity contribution < 1.29 is 0 Å². The van der Waals surface area contributed by atoms with Crippen LogP contribution in [0, 0.1) is 0 Å². The highest BCUT2D eigenvalue weighted by Crippen LogP contribution is 1.65. The van der Waals surface area contributed by atoms with Crippen LogP contribution in [0.25, 0.3) is 0 Å². The highest BCUT2D eigenvalue weighted by Gasteiger charge is 1.91. The summed E-state index contributed by atoms with van der Waals surface area (Å²) in [6, 6.07) is 0. The molecular formula is C2H7MgN. The lowest BCUT2D eigenvalue weighted by Gasteiger charge is -1.21. The molecule has 0 atom stereocenters. The van der Waals surface area contributed by atoms with Crippen molar-refractivity contribution >= 4 is 23.1 Å². The van der Waals surface area contributed by atoms with Crippen LogP contribution >= 0.6 is 0 Å². The molecule has 0 aromatic carbocycles. The van der Waals surface area contributed by atoms with Crippen molar-refractivity contribution in [1.29, 1.82) is 0 Å². The molecule has 0 aromatic heterocycles. The molecule has 0 aliphatic carbocycles. The van der Waals surface area contributed by atoms with Crippen molar-refractivity contribution in [3.05, 3.63) is 0 Å². The van der Waals surface area contributed by atoms with Crippen molar-refractivity contribution in [3.8, 4) is 0 Å². The first-order valence-corrected chi connectivity index (χ1v) is 1.21. The van der Waals surface area contributed by atoms with Crippen LogP contribution in [0.4, 0.5) is 0 Å². The van der Waals surface area contributed by atoms with Crippen molar-refractivity contribution in [2.45, 2.75) is 0 Å². The standard InChI is InChI=1S/C2H5N.Mg.2H/c1-2-3-1;;;/h3H,1-2H2;;;. The van der Waals surface area contributed by atoms with Gasteiger partial charge in [0.2, 0.25) is 0 Å². The lowest BCUT2D eigenvalue weighted by Crippen LogP contribution is -1.56. The van der Waals surface area contributed by atoms with Crippen molar-refractivity contribution in [1.82, 2.24) is 5.32 Å². The van der Waals surface area contributed by atoms with Gasteiger partial charge in [-0.3, -0.25) is 0 Å². The van der Waals surface area contributed by atoms with E-state index in [1.54, 1.807) is 0 Å². The Balaban J connectivity index is 0.0000000900. The summed E-state index contributed by atoms with van der Waals surface area (Å²) in [7, 11) is 0. The highest BCUT2D eigenvalue weighted by molar-refractivity contribution is 5.75. The maximum Gasteiger partial charge on any atom is 0.316 e. The Morgan fingerprint density at radius 1 is 1.25 bits per heavy atom. The van der Waals surface area contributed by atoms with Gasteiger partial charge >= 0.3 is 23.1 Å². The number of nitrogens with one attached hydrogen (secondary N) is 1. The van der Waals surface area contributed by atoms with Crippen molar-refractivity contribution in [3.63, 3.8) is 0 Å². The molecule has 2 heteroatoms. The van der Waals surface area contributed by atoms with E-state index in [0.717, 1.165) is 0 Å². The van der Waals surface area contributed by atoms with Gasteiger partial charge in [-0.15, -0.1) is 0 Å². The molecule has 0 spiro atoms. The summed E-state index contributed by atoms with van der Waals surface area (Å²) >= 11 is 0. The van der Waals surface area contributed by atoms with E-state index in [-0.39, 0.29) is 23.1 Å². The molecule has 1 fully saturated rings. The molecular weight excluding hydrogens is 62.3 g/mol. The Bertz CT molecular complexity index is 10.8. The van der Waals surface area contributed by atoms with Gasteiger partial charge in [-0.1, -0.05) is 0 Å². The average molecular weight is 69.4 g/mol. The van der Waals surface area contributed by atoms with Gasteiger partial charge in [0.05, 0.1) is 0 Å². The van der Waals surface area contributed by atoms with Gasteiger partial charge in [0.1, 0.15) is 0 Å². The molecule has 0 aromatic rings. The fourth-order valence-electron chi connectivity index (χ4n) is 0. The molecule has 1 aliphatic rings. The van der Waals surface area contributed by atoms with Gasteiger partial charge in [-0.2, -0.15) is 0 Å². The smallest absolute Gasteiger partial charge is 0.314 e. The van der Waals surface area contributed by atoms with Crippen LogP contribution in [-0.2, 0) is 0 Å². The van der Waals surface area contributed by atoms with Crippen LogP contribution in [0.15, 0.2) is 0 Å². The molecule has 22 valence electrons. The summed E-state index contributed by atoms with van der Waals surface area (Å²) in [6.07, 6.45) is 0. The summed E-state index contributed by atoms with van der Waals surface area (Å²) in [5.41, 5.74) is 0. The zero-order valence-corrected chi connectivity index (χ0v) is 1.91. The molecule has 4 heavy (non-hydrogen) atoms. The fraction of sp³-hybridized carbons (Fsp3) is 1.00. The average Bonchev–Trinajstić information content (AvgIpc) is 1.46. The lowest BCUT2D eigenvalue weighted by molar-refractivity contribution is 1.34. The van der Waals surface area contributed by atoms with Crippen LogP contribution < -0.4 is 5.32 Å². The van der Waals surface area contributed by atoms with E-state index in [1.165, 1.54) is 13.1 Å². The Hall–Kier alpha value is 0.726. The second kappa shape index (κ2) is 1.99. The van der Waals surface area contributed by atoms with Crippen molar-refractivity contribution in [2.24, 2.45) is 0 Å². The Morgan fingerprint density at radius 3 is 1.50 bits per heavy atom. The molecule has 1 N–H and O–H groups in total. The van der Waals surface area contributed by atoms with E-state index in [0.29, 0.717) is 0 Å². The first kappa shape index (κ1) is 4.73. The summed E-state index contributed by atoms with van der Waals surface area (Å²) in [5.74, 6) is 0. The number of hydrogen-bond donors (Lipinski definition) is 1. The third-order valence-corrected chi connectivity index (χ3v) is 0.250. The zero-order chi connectivity index (χ0) is 2.12. The molecule has 1 heterocycles. The zero-order valence-electron chi connectivity index (χ0n) is 1.91. The molecule has 1 saturated heterocycles. The second-order valence-electron chi connectivity index (χ2n) is 0.750. The molecule has 0 radical (unpaired) electrons. The first-order valence-electron chi connectivity index (χ1n) is 1.21. The number of rotatable bonds is 0. The first-order chi connectivity index (χ1) is 1.50. The molecule has 1 rings (SSSR count). The predicted octanol–water partition coefficient (Wildman–Crippen LogP) is -1.33.